The molecule has 2 nitrogen and oxygen atoms in total. The summed E-state index contributed by atoms with van der Waals surface area (Å²) < 4.78 is 13.1. The Labute approximate surface area is 101 Å². The highest BCUT2D eigenvalue weighted by atomic mass is 32.1. The maximum Gasteiger partial charge on any atom is 0.276 e. The van der Waals surface area contributed by atoms with Gasteiger partial charge in [0.2, 0.25) is 0 Å². The summed E-state index contributed by atoms with van der Waals surface area (Å²) in [7, 11) is 0. The van der Waals surface area contributed by atoms with Crippen molar-refractivity contribution in [3.05, 3.63) is 35.1 Å². The number of amides is 1. The lowest BCUT2D eigenvalue weighted by Gasteiger charge is -2.25. The Kier molecular flexibility index (Phi) is 3.97. The van der Waals surface area contributed by atoms with Crippen LogP contribution in [0, 0.1) is 12.7 Å². The molecule has 0 atom stereocenters. The van der Waals surface area contributed by atoms with E-state index >= 15 is 0 Å². The zero-order valence-corrected chi connectivity index (χ0v) is 10.6. The number of hydrogen-bond acceptors (Lipinski definition) is 1. The Morgan fingerprint density at radius 1 is 1.50 bits per heavy atom. The second kappa shape index (κ2) is 4.87. The smallest absolute Gasteiger partial charge is 0.276 e. The van der Waals surface area contributed by atoms with E-state index in [-0.39, 0.29) is 16.5 Å². The minimum absolute atomic E-state index is 0.210. The topological polar surface area (TPSA) is 29.1 Å². The standard InChI is InChI=1S/C12H16FNOS/c1-8-6-9(4-5-10(8)13)12(2,3)7-14-11(15)16/h4-6H,7H2,1-3H3,(H2,14,15,16). The number of thiol groups is 1. The number of hydrogen-bond donors (Lipinski definition) is 2. The van der Waals surface area contributed by atoms with Crippen LogP contribution in [-0.2, 0) is 5.41 Å². The minimum Gasteiger partial charge on any atom is -0.346 e. The highest BCUT2D eigenvalue weighted by molar-refractivity contribution is 7.96. The summed E-state index contributed by atoms with van der Waals surface area (Å²) in [5.74, 6) is -0.210. The number of nitrogens with one attached hydrogen (secondary N) is 1. The van der Waals surface area contributed by atoms with Gasteiger partial charge in [0.25, 0.3) is 5.24 Å². The molecule has 88 valence electrons. The van der Waals surface area contributed by atoms with Crippen LogP contribution in [0.1, 0.15) is 25.0 Å². The van der Waals surface area contributed by atoms with Gasteiger partial charge in [-0.1, -0.05) is 38.6 Å². The molecule has 0 unspecified atom stereocenters. The number of carbonyl (C=O) groups is 1. The van der Waals surface area contributed by atoms with Gasteiger partial charge >= 0.3 is 0 Å². The van der Waals surface area contributed by atoms with Crippen molar-refractivity contribution in [1.29, 1.82) is 0 Å². The molecule has 0 spiro atoms. The first-order chi connectivity index (χ1) is 7.33. The highest BCUT2D eigenvalue weighted by Crippen LogP contribution is 2.24. The van der Waals surface area contributed by atoms with E-state index in [1.54, 1.807) is 19.1 Å². The van der Waals surface area contributed by atoms with Crippen molar-refractivity contribution < 1.29 is 9.18 Å². The van der Waals surface area contributed by atoms with Gasteiger partial charge in [0.15, 0.2) is 0 Å². The van der Waals surface area contributed by atoms with Crippen LogP contribution in [0.4, 0.5) is 9.18 Å². The number of aryl methyl sites for hydroxylation is 1. The molecule has 16 heavy (non-hydrogen) atoms. The third-order valence-corrected chi connectivity index (χ3v) is 2.78. The molecule has 0 saturated carbocycles. The fraction of sp³-hybridized carbons (Fsp3) is 0.417. The van der Waals surface area contributed by atoms with Crippen molar-refractivity contribution in [1.82, 2.24) is 5.32 Å². The predicted molar refractivity (Wildman–Crippen MR) is 66.5 cm³/mol. The molecule has 1 aromatic rings. The van der Waals surface area contributed by atoms with Crippen molar-refractivity contribution in [2.75, 3.05) is 6.54 Å². The van der Waals surface area contributed by atoms with E-state index in [4.69, 9.17) is 0 Å². The summed E-state index contributed by atoms with van der Waals surface area (Å²) in [6.45, 7) is 6.18. The van der Waals surface area contributed by atoms with Crippen molar-refractivity contribution >= 4 is 17.9 Å². The van der Waals surface area contributed by atoms with Crippen molar-refractivity contribution in [3.8, 4) is 0 Å². The van der Waals surface area contributed by atoms with Crippen LogP contribution in [0.3, 0.4) is 0 Å². The normalized spacial score (nSPS) is 11.3. The fourth-order valence-electron chi connectivity index (χ4n) is 1.46. The van der Waals surface area contributed by atoms with E-state index in [2.05, 4.69) is 17.9 Å². The molecule has 0 radical (unpaired) electrons. The molecule has 0 bridgehead atoms. The summed E-state index contributed by atoms with van der Waals surface area (Å²) in [4.78, 5) is 10.7. The molecule has 0 aliphatic carbocycles. The lowest BCUT2D eigenvalue weighted by Crippen LogP contribution is -2.34. The molecule has 4 heteroatoms. The van der Waals surface area contributed by atoms with Crippen molar-refractivity contribution in [2.24, 2.45) is 0 Å². The Balaban J connectivity index is 2.88. The molecular formula is C12H16FNOS. The number of carbonyl (C=O) groups excluding carboxylic acids is 1. The molecule has 1 aromatic carbocycles. The van der Waals surface area contributed by atoms with Gasteiger partial charge in [-0.3, -0.25) is 4.79 Å². The molecule has 1 amide bonds. The van der Waals surface area contributed by atoms with Crippen molar-refractivity contribution in [2.45, 2.75) is 26.2 Å². The van der Waals surface area contributed by atoms with Crippen LogP contribution >= 0.6 is 12.6 Å². The third-order valence-electron chi connectivity index (χ3n) is 2.62. The molecule has 1 N–H and O–H groups in total. The van der Waals surface area contributed by atoms with Crippen LogP contribution in [0.5, 0.6) is 0 Å². The van der Waals surface area contributed by atoms with Crippen LogP contribution in [-0.4, -0.2) is 11.8 Å². The average Bonchev–Trinajstić information content (AvgIpc) is 2.19. The molecule has 0 fully saturated rings. The maximum atomic E-state index is 13.1. The predicted octanol–water partition coefficient (Wildman–Crippen LogP) is 3.05. The molecular weight excluding hydrogens is 225 g/mol. The third kappa shape index (κ3) is 3.23. The fourth-order valence-corrected chi connectivity index (χ4v) is 1.54. The summed E-state index contributed by atoms with van der Waals surface area (Å²) in [6, 6.07) is 5.00. The minimum atomic E-state index is -0.355. The first-order valence-electron chi connectivity index (χ1n) is 5.06. The molecule has 0 aromatic heterocycles. The SMILES string of the molecule is Cc1cc(C(C)(C)CNC(=O)S)ccc1F. The molecule has 0 heterocycles. The van der Waals surface area contributed by atoms with E-state index in [1.165, 1.54) is 6.07 Å². The van der Waals surface area contributed by atoms with Crippen LogP contribution in [0.2, 0.25) is 0 Å². The zero-order valence-electron chi connectivity index (χ0n) is 9.67. The second-order valence-corrected chi connectivity index (χ2v) is 4.91. The Morgan fingerprint density at radius 2 is 2.12 bits per heavy atom. The second-order valence-electron chi connectivity index (χ2n) is 4.51. The molecule has 1 rings (SSSR count). The lowest BCUT2D eigenvalue weighted by atomic mass is 9.84. The van der Waals surface area contributed by atoms with E-state index in [1.807, 2.05) is 13.8 Å². The molecule has 0 saturated heterocycles. The average molecular weight is 241 g/mol. The Bertz CT molecular complexity index is 404. The van der Waals surface area contributed by atoms with Gasteiger partial charge in [-0.2, -0.15) is 0 Å². The first-order valence-corrected chi connectivity index (χ1v) is 5.51. The van der Waals surface area contributed by atoms with Gasteiger partial charge in [-0.05, 0) is 24.1 Å². The summed E-state index contributed by atoms with van der Waals surface area (Å²) in [5, 5.41) is 2.30. The highest BCUT2D eigenvalue weighted by Gasteiger charge is 2.21. The number of benzene rings is 1. The quantitative estimate of drug-likeness (QED) is 0.782. The Hall–Kier alpha value is -1.03. The molecule has 0 aliphatic heterocycles. The van der Waals surface area contributed by atoms with Crippen LogP contribution in [0.15, 0.2) is 18.2 Å². The van der Waals surface area contributed by atoms with E-state index in [0.717, 1.165) is 5.56 Å². The van der Waals surface area contributed by atoms with Crippen LogP contribution in [0.25, 0.3) is 0 Å². The Morgan fingerprint density at radius 3 is 2.62 bits per heavy atom. The summed E-state index contributed by atoms with van der Waals surface area (Å²) >= 11 is 3.65. The van der Waals surface area contributed by atoms with E-state index in [0.29, 0.717) is 12.1 Å². The van der Waals surface area contributed by atoms with Gasteiger partial charge in [-0.15, -0.1) is 0 Å². The van der Waals surface area contributed by atoms with E-state index < -0.39 is 0 Å². The van der Waals surface area contributed by atoms with Gasteiger partial charge < -0.3 is 5.32 Å². The largest absolute Gasteiger partial charge is 0.346 e. The van der Waals surface area contributed by atoms with Gasteiger partial charge in [-0.25, -0.2) is 4.39 Å². The lowest BCUT2D eigenvalue weighted by molar-refractivity contribution is 0.259. The maximum absolute atomic E-state index is 13.1. The summed E-state index contributed by atoms with van der Waals surface area (Å²) in [6.07, 6.45) is 0. The monoisotopic (exact) mass is 241 g/mol. The number of halogens is 1. The zero-order chi connectivity index (χ0) is 12.3. The van der Waals surface area contributed by atoms with Gasteiger partial charge in [0.1, 0.15) is 5.82 Å². The van der Waals surface area contributed by atoms with Crippen molar-refractivity contribution in [3.63, 3.8) is 0 Å². The first kappa shape index (κ1) is 13.0. The van der Waals surface area contributed by atoms with Gasteiger partial charge in [0.05, 0.1) is 0 Å². The van der Waals surface area contributed by atoms with Crippen LogP contribution < -0.4 is 5.32 Å². The summed E-state index contributed by atoms with van der Waals surface area (Å²) in [5.41, 5.74) is 1.37. The number of rotatable bonds is 3. The van der Waals surface area contributed by atoms with E-state index in [9.17, 15) is 9.18 Å². The van der Waals surface area contributed by atoms with Gasteiger partial charge in [0, 0.05) is 12.0 Å². The molecule has 0 aliphatic rings.